The highest BCUT2D eigenvalue weighted by molar-refractivity contribution is 7.53. The molecule has 5 atom stereocenters. The molecule has 0 aromatic heterocycles. The summed E-state index contributed by atoms with van der Waals surface area (Å²) in [5, 5.41) is 11.4. The Hall–Kier alpha value is -2.05. The van der Waals surface area contributed by atoms with Gasteiger partial charge in [-0.25, -0.2) is 0 Å². The van der Waals surface area contributed by atoms with Crippen LogP contribution >= 0.6 is 7.60 Å². The van der Waals surface area contributed by atoms with E-state index in [4.69, 9.17) is 32.7 Å². The Kier molecular flexibility index (Phi) is 11.6. The molecule has 0 aliphatic carbocycles. The summed E-state index contributed by atoms with van der Waals surface area (Å²) < 4.78 is 49.8. The molecule has 1 aliphatic rings. The number of hydrogen-bond acceptors (Lipinski definition) is 13. The fourth-order valence-electron chi connectivity index (χ4n) is 3.42. The van der Waals surface area contributed by atoms with Gasteiger partial charge in [-0.2, -0.15) is 0 Å². The van der Waals surface area contributed by atoms with Crippen molar-refractivity contribution in [3.63, 3.8) is 0 Å². The van der Waals surface area contributed by atoms with Crippen molar-refractivity contribution in [2.24, 2.45) is 0 Å². The van der Waals surface area contributed by atoms with E-state index in [1.54, 1.807) is 13.8 Å². The van der Waals surface area contributed by atoms with Crippen molar-refractivity contribution in [2.75, 3.05) is 26.0 Å². The number of aliphatic hydroxyl groups is 1. The number of esters is 4. The molecule has 0 saturated carbocycles. The molecule has 1 aliphatic heterocycles. The zero-order chi connectivity index (χ0) is 26.1. The van der Waals surface area contributed by atoms with Gasteiger partial charge < -0.3 is 37.8 Å². The summed E-state index contributed by atoms with van der Waals surface area (Å²) in [6.45, 7) is 7.13. The van der Waals surface area contributed by atoms with E-state index >= 15 is 0 Å². The number of ether oxygens (including phenoxy) is 5. The van der Waals surface area contributed by atoms with Crippen LogP contribution in [0.1, 0.15) is 48.0 Å². The number of rotatable bonds is 12. The van der Waals surface area contributed by atoms with Gasteiger partial charge in [0.05, 0.1) is 19.4 Å². The van der Waals surface area contributed by atoms with E-state index < -0.39 is 74.7 Å². The molecule has 0 spiro atoms. The zero-order valence-corrected chi connectivity index (χ0v) is 21.0. The van der Waals surface area contributed by atoms with Gasteiger partial charge in [0.1, 0.15) is 12.7 Å². The van der Waals surface area contributed by atoms with Gasteiger partial charge in [-0.15, -0.1) is 0 Å². The van der Waals surface area contributed by atoms with Crippen LogP contribution in [0.3, 0.4) is 0 Å². The molecule has 34 heavy (non-hydrogen) atoms. The fourth-order valence-corrected chi connectivity index (χ4v) is 5.13. The van der Waals surface area contributed by atoms with Gasteiger partial charge in [0, 0.05) is 34.1 Å². The minimum absolute atomic E-state index is 0.0591. The number of hydrogen-bond donors (Lipinski definition) is 1. The van der Waals surface area contributed by atoms with Gasteiger partial charge in [0.25, 0.3) is 0 Å². The molecule has 0 bridgehead atoms. The summed E-state index contributed by atoms with van der Waals surface area (Å²) >= 11 is 0. The summed E-state index contributed by atoms with van der Waals surface area (Å²) in [7, 11) is -3.68. The van der Waals surface area contributed by atoms with Crippen molar-refractivity contribution in [1.82, 2.24) is 0 Å². The van der Waals surface area contributed by atoms with E-state index in [0.29, 0.717) is 0 Å². The van der Waals surface area contributed by atoms with Gasteiger partial charge in [-0.3, -0.25) is 23.7 Å². The van der Waals surface area contributed by atoms with E-state index in [9.17, 15) is 28.8 Å². The van der Waals surface area contributed by atoms with Gasteiger partial charge in [-0.1, -0.05) is 0 Å². The monoisotopic (exact) mass is 512 g/mol. The Bertz CT molecular complexity index is 774. The third-order valence-electron chi connectivity index (χ3n) is 4.53. The second-order valence-corrected chi connectivity index (χ2v) is 9.59. The summed E-state index contributed by atoms with van der Waals surface area (Å²) in [6, 6.07) is 0. The lowest BCUT2D eigenvalue weighted by Crippen LogP contribution is -2.68. The number of carbonyl (C=O) groups excluding carboxylic acids is 4. The van der Waals surface area contributed by atoms with Crippen molar-refractivity contribution in [1.29, 1.82) is 0 Å². The zero-order valence-electron chi connectivity index (χ0n) is 20.1. The molecule has 0 unspecified atom stereocenters. The first-order valence-corrected chi connectivity index (χ1v) is 12.4. The Morgan fingerprint density at radius 1 is 0.853 bits per heavy atom. The van der Waals surface area contributed by atoms with Gasteiger partial charge in [0.2, 0.25) is 5.79 Å². The SMILES string of the molecule is CCOP(=O)(CC[C@]1(O)O[C@H](COC(C)=O)[C@@H](OC(C)=O)[C@H](OC(C)=O)[C@H]1OC(C)=O)OCC. The third-order valence-corrected chi connectivity index (χ3v) is 6.61. The molecule has 14 heteroatoms. The molecule has 1 rings (SSSR count). The Balaban J connectivity index is 3.47. The van der Waals surface area contributed by atoms with E-state index in [-0.39, 0.29) is 19.4 Å². The first kappa shape index (κ1) is 30.0. The first-order valence-electron chi connectivity index (χ1n) is 10.7. The van der Waals surface area contributed by atoms with Gasteiger partial charge in [-0.05, 0) is 13.8 Å². The minimum atomic E-state index is -3.68. The summed E-state index contributed by atoms with van der Waals surface area (Å²) in [5.74, 6) is -5.64. The lowest BCUT2D eigenvalue weighted by Gasteiger charge is -2.48. The van der Waals surface area contributed by atoms with Crippen molar-refractivity contribution in [3.8, 4) is 0 Å². The molecule has 1 N–H and O–H groups in total. The molecule has 0 radical (unpaired) electrons. The van der Waals surface area contributed by atoms with Crippen LogP contribution in [0.15, 0.2) is 0 Å². The van der Waals surface area contributed by atoms with Crippen LogP contribution < -0.4 is 0 Å². The lowest BCUT2D eigenvalue weighted by atomic mass is 9.90. The average Bonchev–Trinajstić information content (AvgIpc) is 2.70. The van der Waals surface area contributed by atoms with Crippen LogP contribution in [0.2, 0.25) is 0 Å². The molecule has 1 fully saturated rings. The maximum atomic E-state index is 12.9. The van der Waals surface area contributed by atoms with Crippen molar-refractivity contribution in [2.45, 2.75) is 78.2 Å². The maximum Gasteiger partial charge on any atom is 0.330 e. The smallest absolute Gasteiger partial charge is 0.330 e. The molecule has 0 amide bonds. The predicted molar refractivity (Wildman–Crippen MR) is 113 cm³/mol. The highest BCUT2D eigenvalue weighted by Crippen LogP contribution is 2.50. The first-order chi connectivity index (χ1) is 15.8. The second-order valence-electron chi connectivity index (χ2n) is 7.40. The second kappa shape index (κ2) is 13.1. The van der Waals surface area contributed by atoms with Crippen molar-refractivity contribution in [3.05, 3.63) is 0 Å². The normalized spacial score (nSPS) is 26.9. The molecule has 0 aromatic carbocycles. The Morgan fingerprint density at radius 3 is 1.79 bits per heavy atom. The van der Waals surface area contributed by atoms with Crippen LogP contribution in [-0.2, 0) is 56.5 Å². The van der Waals surface area contributed by atoms with E-state index in [1.165, 1.54) is 0 Å². The number of carbonyl (C=O) groups is 4. The summed E-state index contributed by atoms with van der Waals surface area (Å²) in [5.41, 5.74) is 0. The Labute approximate surface area is 197 Å². The van der Waals surface area contributed by atoms with Gasteiger partial charge >= 0.3 is 31.5 Å². The molecular weight excluding hydrogens is 479 g/mol. The molecular formula is C20H33O13P. The predicted octanol–water partition coefficient (Wildman–Crippen LogP) is 1.09. The highest BCUT2D eigenvalue weighted by Gasteiger charge is 2.59. The third kappa shape index (κ3) is 8.95. The van der Waals surface area contributed by atoms with Gasteiger partial charge in [0.15, 0.2) is 18.3 Å². The topological polar surface area (TPSA) is 170 Å². The van der Waals surface area contributed by atoms with Crippen LogP contribution in [-0.4, -0.2) is 85.2 Å². The standard InChI is InChI=1S/C20H33O13P/c1-7-28-34(26,29-8-2)10-9-20(25)19(32-15(6)24)18(31-14(5)23)17(30-13(4)22)16(33-20)11-27-12(3)21/h16-19,25H,7-11H2,1-6H3/t16-,17-,18+,19-,20+/m1/s1. The van der Waals surface area contributed by atoms with E-state index in [1.807, 2.05) is 0 Å². The van der Waals surface area contributed by atoms with Crippen LogP contribution in [0.5, 0.6) is 0 Å². The molecule has 1 heterocycles. The molecule has 1 saturated heterocycles. The largest absolute Gasteiger partial charge is 0.463 e. The van der Waals surface area contributed by atoms with Crippen molar-refractivity contribution >= 4 is 31.5 Å². The van der Waals surface area contributed by atoms with E-state index in [2.05, 4.69) is 0 Å². The molecule has 0 aromatic rings. The lowest BCUT2D eigenvalue weighted by molar-refractivity contribution is -0.352. The average molecular weight is 512 g/mol. The van der Waals surface area contributed by atoms with Crippen LogP contribution in [0.25, 0.3) is 0 Å². The molecule has 13 nitrogen and oxygen atoms in total. The highest BCUT2D eigenvalue weighted by atomic mass is 31.2. The van der Waals surface area contributed by atoms with Crippen LogP contribution in [0, 0.1) is 0 Å². The minimum Gasteiger partial charge on any atom is -0.463 e. The Morgan fingerprint density at radius 2 is 1.35 bits per heavy atom. The quantitative estimate of drug-likeness (QED) is 0.224. The fraction of sp³-hybridized carbons (Fsp3) is 0.800. The summed E-state index contributed by atoms with van der Waals surface area (Å²) in [4.78, 5) is 46.8. The van der Waals surface area contributed by atoms with E-state index in [0.717, 1.165) is 27.7 Å². The molecule has 196 valence electrons. The van der Waals surface area contributed by atoms with Crippen LogP contribution in [0.4, 0.5) is 0 Å². The van der Waals surface area contributed by atoms with Crippen molar-refractivity contribution < 1.29 is 61.6 Å². The summed E-state index contributed by atoms with van der Waals surface area (Å²) in [6.07, 6.45) is -6.85. The maximum absolute atomic E-state index is 12.9.